The molecule has 1 amide bonds. The molecule has 0 aromatic rings. The molecule has 2 aliphatic rings. The molecule has 2 rings (SSSR count). The molecule has 22 heavy (non-hydrogen) atoms. The van der Waals surface area contributed by atoms with Crippen LogP contribution in [0.25, 0.3) is 0 Å². The summed E-state index contributed by atoms with van der Waals surface area (Å²) in [6.07, 6.45) is 10.6. The maximum Gasteiger partial charge on any atom is 0.311 e. The molecule has 0 spiro atoms. The van der Waals surface area contributed by atoms with Crippen molar-refractivity contribution in [1.29, 1.82) is 0 Å². The van der Waals surface area contributed by atoms with E-state index < -0.39 is 11.4 Å². The van der Waals surface area contributed by atoms with Gasteiger partial charge in [0, 0.05) is 12.0 Å². The lowest BCUT2D eigenvalue weighted by Gasteiger charge is -2.30. The summed E-state index contributed by atoms with van der Waals surface area (Å²) in [7, 11) is 0. The number of carbonyl (C=O) groups excluding carboxylic acids is 1. The Morgan fingerprint density at radius 3 is 2.45 bits per heavy atom. The largest absolute Gasteiger partial charge is 0.481 e. The molecule has 2 aliphatic carbocycles. The molecule has 0 aromatic carbocycles. The van der Waals surface area contributed by atoms with Crippen LogP contribution in [0.15, 0.2) is 0 Å². The fourth-order valence-electron chi connectivity index (χ4n) is 4.23. The molecular formula is C18H31NO3. The second kappa shape index (κ2) is 7.47. The molecule has 0 heterocycles. The average Bonchev–Trinajstić information content (AvgIpc) is 2.88. The van der Waals surface area contributed by atoms with E-state index in [1.807, 2.05) is 0 Å². The van der Waals surface area contributed by atoms with Crippen molar-refractivity contribution in [2.45, 2.75) is 84.1 Å². The summed E-state index contributed by atoms with van der Waals surface area (Å²) >= 11 is 0. The molecular weight excluding hydrogens is 278 g/mol. The molecule has 2 fully saturated rings. The number of carbonyl (C=O) groups is 2. The van der Waals surface area contributed by atoms with E-state index in [0.717, 1.165) is 25.7 Å². The molecule has 3 atom stereocenters. The maximum atomic E-state index is 12.6. The van der Waals surface area contributed by atoms with Crippen LogP contribution in [-0.2, 0) is 9.59 Å². The summed E-state index contributed by atoms with van der Waals surface area (Å²) in [5.41, 5.74) is -0.793. The lowest BCUT2D eigenvalue weighted by Crippen LogP contribution is -2.48. The highest BCUT2D eigenvalue weighted by atomic mass is 16.4. The van der Waals surface area contributed by atoms with Crippen LogP contribution in [0.1, 0.15) is 78.1 Å². The zero-order chi connectivity index (χ0) is 16.2. The van der Waals surface area contributed by atoms with Gasteiger partial charge in [-0.05, 0) is 38.5 Å². The number of hydrogen-bond donors (Lipinski definition) is 2. The first-order valence-electron chi connectivity index (χ1n) is 9.01. The zero-order valence-electron chi connectivity index (χ0n) is 14.1. The summed E-state index contributed by atoms with van der Waals surface area (Å²) < 4.78 is 0. The number of rotatable bonds is 6. The van der Waals surface area contributed by atoms with E-state index in [1.165, 1.54) is 32.1 Å². The minimum Gasteiger partial charge on any atom is -0.481 e. The summed E-state index contributed by atoms with van der Waals surface area (Å²) in [5.74, 6) is 0.0173. The number of carboxylic acids is 1. The Hall–Kier alpha value is -1.06. The van der Waals surface area contributed by atoms with Gasteiger partial charge in [-0.3, -0.25) is 9.59 Å². The van der Waals surface area contributed by atoms with E-state index in [1.54, 1.807) is 6.92 Å². The van der Waals surface area contributed by atoms with Gasteiger partial charge in [0.1, 0.15) is 0 Å². The van der Waals surface area contributed by atoms with Crippen LogP contribution in [0.5, 0.6) is 0 Å². The molecule has 2 saturated carbocycles. The molecule has 0 aromatic heterocycles. The smallest absolute Gasteiger partial charge is 0.311 e. The summed E-state index contributed by atoms with van der Waals surface area (Å²) in [6.45, 7) is 3.84. The van der Waals surface area contributed by atoms with Crippen molar-refractivity contribution in [3.63, 3.8) is 0 Å². The van der Waals surface area contributed by atoms with E-state index in [9.17, 15) is 14.7 Å². The van der Waals surface area contributed by atoms with E-state index in [4.69, 9.17) is 0 Å². The first-order valence-corrected chi connectivity index (χ1v) is 9.01. The predicted octanol–water partition coefficient (Wildman–Crippen LogP) is 3.74. The average molecular weight is 309 g/mol. The number of carboxylic acid groups (broad SMARTS) is 1. The fraction of sp³-hybridized carbons (Fsp3) is 0.889. The Labute approximate surface area is 134 Å². The Balaban J connectivity index is 1.92. The van der Waals surface area contributed by atoms with Gasteiger partial charge in [0.05, 0.1) is 5.41 Å². The number of amides is 1. The van der Waals surface area contributed by atoms with Crippen molar-refractivity contribution >= 4 is 11.9 Å². The van der Waals surface area contributed by atoms with Crippen LogP contribution in [0.3, 0.4) is 0 Å². The normalized spacial score (nSPS) is 30.9. The molecule has 3 unspecified atom stereocenters. The number of aliphatic carboxylic acids is 1. The van der Waals surface area contributed by atoms with Crippen molar-refractivity contribution in [2.24, 2.45) is 17.3 Å². The van der Waals surface area contributed by atoms with Gasteiger partial charge in [-0.15, -0.1) is 0 Å². The van der Waals surface area contributed by atoms with Gasteiger partial charge in [-0.1, -0.05) is 45.4 Å². The lowest BCUT2D eigenvalue weighted by molar-refractivity contribution is -0.149. The SMILES string of the molecule is CCC(CC1CCCCC1)C(=O)NC1CCCC1(C)C(=O)O. The van der Waals surface area contributed by atoms with Gasteiger partial charge in [0.15, 0.2) is 0 Å². The predicted molar refractivity (Wildman–Crippen MR) is 86.5 cm³/mol. The third-order valence-corrected chi connectivity index (χ3v) is 5.97. The summed E-state index contributed by atoms with van der Waals surface area (Å²) in [6, 6.07) is -0.210. The Morgan fingerprint density at radius 2 is 1.86 bits per heavy atom. The van der Waals surface area contributed by atoms with Crippen molar-refractivity contribution in [3.8, 4) is 0 Å². The molecule has 0 saturated heterocycles. The van der Waals surface area contributed by atoms with Crippen LogP contribution in [0.4, 0.5) is 0 Å². The van der Waals surface area contributed by atoms with Gasteiger partial charge in [-0.2, -0.15) is 0 Å². The molecule has 126 valence electrons. The third-order valence-electron chi connectivity index (χ3n) is 5.97. The van der Waals surface area contributed by atoms with Crippen molar-refractivity contribution in [2.75, 3.05) is 0 Å². The van der Waals surface area contributed by atoms with E-state index in [0.29, 0.717) is 12.3 Å². The minimum atomic E-state index is -0.793. The monoisotopic (exact) mass is 309 g/mol. The highest BCUT2D eigenvalue weighted by Gasteiger charge is 2.46. The van der Waals surface area contributed by atoms with Gasteiger partial charge >= 0.3 is 5.97 Å². The standard InChI is InChI=1S/C18H31NO3/c1-3-14(12-13-8-5-4-6-9-13)16(20)19-15-10-7-11-18(15,2)17(21)22/h13-15H,3-12H2,1-2H3,(H,19,20)(H,21,22). The topological polar surface area (TPSA) is 66.4 Å². The van der Waals surface area contributed by atoms with Crippen molar-refractivity contribution < 1.29 is 14.7 Å². The Morgan fingerprint density at radius 1 is 1.18 bits per heavy atom. The van der Waals surface area contributed by atoms with Crippen molar-refractivity contribution in [1.82, 2.24) is 5.32 Å². The van der Waals surface area contributed by atoms with Gasteiger partial charge < -0.3 is 10.4 Å². The lowest BCUT2D eigenvalue weighted by atomic mass is 9.81. The maximum absolute atomic E-state index is 12.6. The quantitative estimate of drug-likeness (QED) is 0.785. The first-order chi connectivity index (χ1) is 10.5. The molecule has 2 N–H and O–H groups in total. The Bertz CT molecular complexity index is 403. The fourth-order valence-corrected chi connectivity index (χ4v) is 4.23. The van der Waals surface area contributed by atoms with Crippen LogP contribution < -0.4 is 5.32 Å². The first kappa shape index (κ1) is 17.3. The van der Waals surface area contributed by atoms with E-state index in [2.05, 4.69) is 12.2 Å². The highest BCUT2D eigenvalue weighted by molar-refractivity contribution is 5.81. The van der Waals surface area contributed by atoms with Gasteiger partial charge in [-0.25, -0.2) is 0 Å². The highest BCUT2D eigenvalue weighted by Crippen LogP contribution is 2.38. The summed E-state index contributed by atoms with van der Waals surface area (Å²) in [5, 5.41) is 12.5. The molecule has 0 radical (unpaired) electrons. The number of hydrogen-bond acceptors (Lipinski definition) is 2. The second-order valence-corrected chi connectivity index (χ2v) is 7.52. The van der Waals surface area contributed by atoms with Crippen LogP contribution in [0.2, 0.25) is 0 Å². The van der Waals surface area contributed by atoms with Gasteiger partial charge in [0.25, 0.3) is 0 Å². The van der Waals surface area contributed by atoms with Crippen LogP contribution >= 0.6 is 0 Å². The zero-order valence-corrected chi connectivity index (χ0v) is 14.1. The molecule has 4 heteroatoms. The van der Waals surface area contributed by atoms with E-state index >= 15 is 0 Å². The molecule has 4 nitrogen and oxygen atoms in total. The minimum absolute atomic E-state index is 0.0433. The van der Waals surface area contributed by atoms with Crippen molar-refractivity contribution in [3.05, 3.63) is 0 Å². The van der Waals surface area contributed by atoms with Crippen LogP contribution in [0, 0.1) is 17.3 Å². The molecule has 0 bridgehead atoms. The van der Waals surface area contributed by atoms with E-state index in [-0.39, 0.29) is 17.9 Å². The Kier molecular flexibility index (Phi) is 5.87. The summed E-state index contributed by atoms with van der Waals surface area (Å²) in [4.78, 5) is 24.1. The van der Waals surface area contributed by atoms with Gasteiger partial charge in [0.2, 0.25) is 5.91 Å². The second-order valence-electron chi connectivity index (χ2n) is 7.52. The molecule has 0 aliphatic heterocycles. The van der Waals surface area contributed by atoms with Crippen LogP contribution in [-0.4, -0.2) is 23.0 Å². The number of nitrogens with one attached hydrogen (secondary N) is 1. The third kappa shape index (κ3) is 3.82.